The predicted molar refractivity (Wildman–Crippen MR) is 122 cm³/mol. The average molecular weight is 441 g/mol. The van der Waals surface area contributed by atoms with Crippen molar-refractivity contribution in [3.8, 4) is 17.0 Å². The molecule has 0 atom stereocenters. The molecule has 0 aliphatic rings. The van der Waals surface area contributed by atoms with Crippen LogP contribution in [0.1, 0.15) is 29.4 Å². The molecule has 0 saturated carbocycles. The number of ether oxygens (including phenoxy) is 2. The molecular weight excluding hydrogens is 416 g/mol. The average Bonchev–Trinajstić information content (AvgIpc) is 3.09. The van der Waals surface area contributed by atoms with Gasteiger partial charge in [0.1, 0.15) is 5.75 Å². The lowest BCUT2D eigenvalue weighted by Crippen LogP contribution is -2.16. The molecule has 0 bridgehead atoms. The van der Waals surface area contributed by atoms with Gasteiger partial charge >= 0.3 is 5.97 Å². The van der Waals surface area contributed by atoms with E-state index in [9.17, 15) is 9.59 Å². The summed E-state index contributed by atoms with van der Waals surface area (Å²) in [5.74, 6) is -0.0288. The molecule has 31 heavy (non-hydrogen) atoms. The van der Waals surface area contributed by atoms with Crippen molar-refractivity contribution in [3.63, 3.8) is 0 Å². The Kier molecular flexibility index (Phi) is 7.36. The number of methoxy groups -OCH3 is 1. The Hall–Kier alpha value is -3.25. The molecule has 1 heterocycles. The third kappa shape index (κ3) is 5.27. The van der Waals surface area contributed by atoms with Crippen LogP contribution in [0.4, 0.5) is 5.69 Å². The van der Waals surface area contributed by atoms with Gasteiger partial charge in [0.15, 0.2) is 0 Å². The standard InChI is InChI=1S/C24H25ClN2O4/c1-4-31-24(29)19-15-21(17-8-6-5-7-9-17)27(16(19)2)13-12-23(28)26-20-14-18(25)10-11-22(20)30-3/h5-11,14-15H,4,12-13H2,1-3H3,(H,26,28). The predicted octanol–water partition coefficient (Wildman–Crippen LogP) is 5.33. The van der Waals surface area contributed by atoms with Gasteiger partial charge in [-0.05, 0) is 43.7 Å². The maximum absolute atomic E-state index is 12.7. The Bertz CT molecular complexity index is 1080. The van der Waals surface area contributed by atoms with Crippen molar-refractivity contribution in [1.29, 1.82) is 0 Å². The first kappa shape index (κ1) is 22.4. The first-order chi connectivity index (χ1) is 14.9. The van der Waals surface area contributed by atoms with E-state index in [0.29, 0.717) is 35.2 Å². The van der Waals surface area contributed by atoms with Crippen molar-refractivity contribution >= 4 is 29.2 Å². The van der Waals surface area contributed by atoms with E-state index in [2.05, 4.69) is 5.32 Å². The molecular formula is C24H25ClN2O4. The molecule has 0 aliphatic heterocycles. The number of halogens is 1. The van der Waals surface area contributed by atoms with E-state index in [1.165, 1.54) is 7.11 Å². The summed E-state index contributed by atoms with van der Waals surface area (Å²) in [5, 5.41) is 3.35. The number of hydrogen-bond donors (Lipinski definition) is 1. The lowest BCUT2D eigenvalue weighted by atomic mass is 10.1. The highest BCUT2D eigenvalue weighted by molar-refractivity contribution is 6.31. The molecule has 7 heteroatoms. The first-order valence-electron chi connectivity index (χ1n) is 10.0. The van der Waals surface area contributed by atoms with Gasteiger partial charge < -0.3 is 19.4 Å². The SMILES string of the molecule is CCOC(=O)c1cc(-c2ccccc2)n(CCC(=O)Nc2cc(Cl)ccc2OC)c1C. The molecule has 0 unspecified atom stereocenters. The van der Waals surface area contributed by atoms with E-state index in [-0.39, 0.29) is 18.3 Å². The molecule has 2 aromatic carbocycles. The van der Waals surface area contributed by atoms with Crippen LogP contribution < -0.4 is 10.1 Å². The number of nitrogens with zero attached hydrogens (tertiary/aromatic N) is 1. The van der Waals surface area contributed by atoms with Crippen molar-refractivity contribution < 1.29 is 19.1 Å². The van der Waals surface area contributed by atoms with Gasteiger partial charge in [-0.3, -0.25) is 4.79 Å². The van der Waals surface area contributed by atoms with Gasteiger partial charge in [-0.2, -0.15) is 0 Å². The molecule has 0 radical (unpaired) electrons. The van der Waals surface area contributed by atoms with Gasteiger partial charge in [-0.1, -0.05) is 41.9 Å². The van der Waals surface area contributed by atoms with Crippen molar-refractivity contribution in [2.45, 2.75) is 26.8 Å². The maximum Gasteiger partial charge on any atom is 0.339 e. The summed E-state index contributed by atoms with van der Waals surface area (Å²) in [6.45, 7) is 4.32. The lowest BCUT2D eigenvalue weighted by molar-refractivity contribution is -0.116. The maximum atomic E-state index is 12.7. The number of carbonyl (C=O) groups excluding carboxylic acids is 2. The summed E-state index contributed by atoms with van der Waals surface area (Å²) in [4.78, 5) is 25.1. The second-order valence-electron chi connectivity index (χ2n) is 6.91. The number of carbonyl (C=O) groups is 2. The minimum absolute atomic E-state index is 0.189. The minimum Gasteiger partial charge on any atom is -0.495 e. The molecule has 162 valence electrons. The van der Waals surface area contributed by atoms with Crippen LogP contribution in [0.25, 0.3) is 11.3 Å². The Labute approximate surface area is 186 Å². The fourth-order valence-corrected chi connectivity index (χ4v) is 3.57. The van der Waals surface area contributed by atoms with Gasteiger partial charge in [0, 0.05) is 29.4 Å². The molecule has 3 aromatic rings. The van der Waals surface area contributed by atoms with Crippen LogP contribution in [0.5, 0.6) is 5.75 Å². The Balaban J connectivity index is 1.84. The van der Waals surface area contributed by atoms with Crippen molar-refractivity contribution in [2.75, 3.05) is 19.0 Å². The van der Waals surface area contributed by atoms with E-state index in [0.717, 1.165) is 17.0 Å². The third-order valence-electron chi connectivity index (χ3n) is 4.93. The van der Waals surface area contributed by atoms with Crippen LogP contribution >= 0.6 is 11.6 Å². The smallest absolute Gasteiger partial charge is 0.339 e. The highest BCUT2D eigenvalue weighted by Gasteiger charge is 2.20. The van der Waals surface area contributed by atoms with Crippen LogP contribution in [0.15, 0.2) is 54.6 Å². The summed E-state index contributed by atoms with van der Waals surface area (Å²) >= 11 is 6.04. The normalized spacial score (nSPS) is 10.6. The van der Waals surface area contributed by atoms with Gasteiger partial charge in [-0.15, -0.1) is 0 Å². The quantitative estimate of drug-likeness (QED) is 0.480. The molecule has 1 N–H and O–H groups in total. The Morgan fingerprint density at radius 1 is 1.10 bits per heavy atom. The molecule has 3 rings (SSSR count). The van der Waals surface area contributed by atoms with Gasteiger partial charge in [0.2, 0.25) is 5.91 Å². The monoisotopic (exact) mass is 440 g/mol. The van der Waals surface area contributed by atoms with E-state index in [1.807, 2.05) is 47.9 Å². The molecule has 1 aromatic heterocycles. The number of anilines is 1. The molecule has 0 fully saturated rings. The molecule has 6 nitrogen and oxygen atoms in total. The summed E-state index contributed by atoms with van der Waals surface area (Å²) in [5.41, 5.74) is 3.58. The minimum atomic E-state index is -0.371. The second-order valence-corrected chi connectivity index (χ2v) is 7.35. The Morgan fingerprint density at radius 2 is 1.84 bits per heavy atom. The highest BCUT2D eigenvalue weighted by atomic mass is 35.5. The van der Waals surface area contributed by atoms with Crippen LogP contribution in [-0.2, 0) is 16.1 Å². The fourth-order valence-electron chi connectivity index (χ4n) is 3.40. The fraction of sp³-hybridized carbons (Fsp3) is 0.250. The number of hydrogen-bond acceptors (Lipinski definition) is 4. The summed E-state index contributed by atoms with van der Waals surface area (Å²) in [6, 6.07) is 16.6. The molecule has 0 spiro atoms. The molecule has 0 saturated heterocycles. The van der Waals surface area contributed by atoms with Crippen LogP contribution in [-0.4, -0.2) is 30.2 Å². The Morgan fingerprint density at radius 3 is 2.52 bits per heavy atom. The van der Waals surface area contributed by atoms with E-state index in [1.54, 1.807) is 25.1 Å². The summed E-state index contributed by atoms with van der Waals surface area (Å²) in [7, 11) is 1.53. The number of amides is 1. The third-order valence-corrected chi connectivity index (χ3v) is 5.16. The second kappa shape index (κ2) is 10.2. The lowest BCUT2D eigenvalue weighted by Gasteiger charge is -2.14. The number of aromatic nitrogens is 1. The summed E-state index contributed by atoms with van der Waals surface area (Å²) < 4.78 is 12.4. The van der Waals surface area contributed by atoms with Gasteiger partial charge in [0.25, 0.3) is 0 Å². The van der Waals surface area contributed by atoms with E-state index < -0.39 is 0 Å². The highest BCUT2D eigenvalue weighted by Crippen LogP contribution is 2.29. The van der Waals surface area contributed by atoms with Crippen molar-refractivity contribution in [1.82, 2.24) is 4.57 Å². The number of esters is 1. The summed E-state index contributed by atoms with van der Waals surface area (Å²) in [6.07, 6.45) is 0.202. The van der Waals surface area contributed by atoms with Crippen LogP contribution in [0.3, 0.4) is 0 Å². The van der Waals surface area contributed by atoms with Gasteiger partial charge in [0.05, 0.1) is 25.0 Å². The van der Waals surface area contributed by atoms with E-state index >= 15 is 0 Å². The zero-order chi connectivity index (χ0) is 22.4. The van der Waals surface area contributed by atoms with Crippen LogP contribution in [0, 0.1) is 6.92 Å². The number of benzene rings is 2. The van der Waals surface area contributed by atoms with E-state index in [4.69, 9.17) is 21.1 Å². The van der Waals surface area contributed by atoms with Gasteiger partial charge in [-0.25, -0.2) is 4.79 Å². The van der Waals surface area contributed by atoms with Crippen molar-refractivity contribution in [2.24, 2.45) is 0 Å². The topological polar surface area (TPSA) is 69.6 Å². The zero-order valence-corrected chi connectivity index (χ0v) is 18.5. The van der Waals surface area contributed by atoms with Crippen molar-refractivity contribution in [3.05, 3.63) is 70.9 Å². The first-order valence-corrected chi connectivity index (χ1v) is 10.4. The zero-order valence-electron chi connectivity index (χ0n) is 17.8. The van der Waals surface area contributed by atoms with Crippen LogP contribution in [0.2, 0.25) is 5.02 Å². The molecule has 1 amide bonds. The number of rotatable bonds is 8. The molecule has 0 aliphatic carbocycles. The number of nitrogens with one attached hydrogen (secondary N) is 1. The largest absolute Gasteiger partial charge is 0.495 e.